The van der Waals surface area contributed by atoms with Gasteiger partial charge in [0.2, 0.25) is 11.8 Å². The number of benzene rings is 1. The van der Waals surface area contributed by atoms with Crippen LogP contribution in [0.25, 0.3) is 0 Å². The zero-order chi connectivity index (χ0) is 16.8. The summed E-state index contributed by atoms with van der Waals surface area (Å²) >= 11 is 6.09. The van der Waals surface area contributed by atoms with Gasteiger partial charge in [0.05, 0.1) is 6.54 Å². The molecule has 1 unspecified atom stereocenters. The molecule has 5 nitrogen and oxygen atoms in total. The lowest BCUT2D eigenvalue weighted by Gasteiger charge is -2.21. The van der Waals surface area contributed by atoms with Gasteiger partial charge < -0.3 is 15.5 Å². The lowest BCUT2D eigenvalue weighted by molar-refractivity contribution is -0.126. The van der Waals surface area contributed by atoms with E-state index in [2.05, 4.69) is 22.5 Å². The Labute approximate surface area is 142 Å². The summed E-state index contributed by atoms with van der Waals surface area (Å²) in [7, 11) is 0. The van der Waals surface area contributed by atoms with Crippen molar-refractivity contribution in [1.82, 2.24) is 10.6 Å². The quantitative estimate of drug-likeness (QED) is 0.836. The molecular formula is C17H24ClN3O2. The highest BCUT2D eigenvalue weighted by Gasteiger charge is 2.24. The Balaban J connectivity index is 1.78. The van der Waals surface area contributed by atoms with Gasteiger partial charge in [0.1, 0.15) is 0 Å². The Morgan fingerprint density at radius 3 is 2.83 bits per heavy atom. The molecule has 1 atom stereocenters. The second-order valence-corrected chi connectivity index (χ2v) is 6.40. The van der Waals surface area contributed by atoms with E-state index in [-0.39, 0.29) is 18.4 Å². The normalized spacial score (nSPS) is 17.2. The SMILES string of the molecule is CCC(=O)NCC(=O)NCC1CCN(c2cc(Cl)ccc2C)C1. The summed E-state index contributed by atoms with van der Waals surface area (Å²) in [6, 6.07) is 5.93. The molecule has 6 heteroatoms. The molecule has 2 amide bonds. The fraction of sp³-hybridized carbons (Fsp3) is 0.529. The molecule has 0 spiro atoms. The first-order valence-electron chi connectivity index (χ1n) is 8.04. The summed E-state index contributed by atoms with van der Waals surface area (Å²) in [6.07, 6.45) is 1.43. The average Bonchev–Trinajstić information content (AvgIpc) is 3.01. The van der Waals surface area contributed by atoms with Crippen LogP contribution in [-0.4, -0.2) is 38.0 Å². The average molecular weight is 338 g/mol. The zero-order valence-electron chi connectivity index (χ0n) is 13.7. The Hall–Kier alpha value is -1.75. The molecule has 0 aromatic heterocycles. The molecule has 0 bridgehead atoms. The maximum absolute atomic E-state index is 11.7. The van der Waals surface area contributed by atoms with Gasteiger partial charge in [-0.25, -0.2) is 0 Å². The third-order valence-electron chi connectivity index (χ3n) is 4.15. The van der Waals surface area contributed by atoms with Gasteiger partial charge in [0.15, 0.2) is 0 Å². The molecular weight excluding hydrogens is 314 g/mol. The third-order valence-corrected chi connectivity index (χ3v) is 4.39. The number of amides is 2. The van der Waals surface area contributed by atoms with Crippen molar-refractivity contribution in [3.05, 3.63) is 28.8 Å². The van der Waals surface area contributed by atoms with E-state index in [0.717, 1.165) is 24.5 Å². The fourth-order valence-electron chi connectivity index (χ4n) is 2.77. The molecule has 2 N–H and O–H groups in total. The number of carbonyl (C=O) groups is 2. The molecule has 0 aliphatic carbocycles. The molecule has 1 saturated heterocycles. The summed E-state index contributed by atoms with van der Waals surface area (Å²) in [6.45, 7) is 6.40. The van der Waals surface area contributed by atoms with E-state index in [1.807, 2.05) is 18.2 Å². The topological polar surface area (TPSA) is 61.4 Å². The summed E-state index contributed by atoms with van der Waals surface area (Å²) in [5, 5.41) is 6.22. The maximum atomic E-state index is 11.7. The van der Waals surface area contributed by atoms with Crippen LogP contribution in [-0.2, 0) is 9.59 Å². The molecule has 1 aliphatic heterocycles. The number of hydrogen-bond acceptors (Lipinski definition) is 3. The first kappa shape index (κ1) is 17.6. The van der Waals surface area contributed by atoms with Gasteiger partial charge in [-0.3, -0.25) is 9.59 Å². The van der Waals surface area contributed by atoms with Crippen LogP contribution in [0.15, 0.2) is 18.2 Å². The van der Waals surface area contributed by atoms with Crippen LogP contribution in [0.3, 0.4) is 0 Å². The van der Waals surface area contributed by atoms with Crippen molar-refractivity contribution in [2.45, 2.75) is 26.7 Å². The van der Waals surface area contributed by atoms with Crippen LogP contribution in [0.1, 0.15) is 25.3 Å². The van der Waals surface area contributed by atoms with Gasteiger partial charge in [-0.05, 0) is 37.0 Å². The molecule has 0 radical (unpaired) electrons. The number of halogens is 1. The summed E-state index contributed by atoms with van der Waals surface area (Å²) < 4.78 is 0. The highest BCUT2D eigenvalue weighted by molar-refractivity contribution is 6.30. The van der Waals surface area contributed by atoms with Crippen LogP contribution in [0.4, 0.5) is 5.69 Å². The number of carbonyl (C=O) groups excluding carboxylic acids is 2. The second-order valence-electron chi connectivity index (χ2n) is 5.97. The van der Waals surface area contributed by atoms with Gasteiger partial charge in [0, 0.05) is 36.8 Å². The Kier molecular flexibility index (Phi) is 6.28. The van der Waals surface area contributed by atoms with Crippen molar-refractivity contribution in [1.29, 1.82) is 0 Å². The second kappa shape index (κ2) is 8.20. The number of hydrogen-bond donors (Lipinski definition) is 2. The fourth-order valence-corrected chi connectivity index (χ4v) is 2.93. The summed E-state index contributed by atoms with van der Waals surface area (Å²) in [5.74, 6) is 0.173. The molecule has 1 aromatic rings. The first-order valence-corrected chi connectivity index (χ1v) is 8.42. The van der Waals surface area contributed by atoms with Gasteiger partial charge >= 0.3 is 0 Å². The van der Waals surface area contributed by atoms with Crippen LogP contribution in [0.2, 0.25) is 5.02 Å². The largest absolute Gasteiger partial charge is 0.371 e. The van der Waals surface area contributed by atoms with Gasteiger partial charge in [-0.15, -0.1) is 0 Å². The molecule has 0 saturated carbocycles. The van der Waals surface area contributed by atoms with Crippen LogP contribution in [0, 0.1) is 12.8 Å². The van der Waals surface area contributed by atoms with Gasteiger partial charge in [-0.2, -0.15) is 0 Å². The van der Waals surface area contributed by atoms with E-state index < -0.39 is 0 Å². The molecule has 1 heterocycles. The number of nitrogens with zero attached hydrogens (tertiary/aromatic N) is 1. The third kappa shape index (κ3) is 5.13. The van der Waals surface area contributed by atoms with Crippen molar-refractivity contribution in [2.24, 2.45) is 5.92 Å². The van der Waals surface area contributed by atoms with Crippen molar-refractivity contribution >= 4 is 29.1 Å². The Morgan fingerprint density at radius 1 is 1.30 bits per heavy atom. The molecule has 1 aliphatic rings. The van der Waals surface area contributed by atoms with E-state index in [0.29, 0.717) is 18.9 Å². The summed E-state index contributed by atoms with van der Waals surface area (Å²) in [5.41, 5.74) is 2.38. The minimum absolute atomic E-state index is 0.0521. The highest BCUT2D eigenvalue weighted by atomic mass is 35.5. The number of nitrogens with one attached hydrogen (secondary N) is 2. The minimum Gasteiger partial charge on any atom is -0.371 e. The van der Waals surface area contributed by atoms with Crippen molar-refractivity contribution in [3.8, 4) is 0 Å². The van der Waals surface area contributed by atoms with E-state index in [4.69, 9.17) is 11.6 Å². The maximum Gasteiger partial charge on any atom is 0.239 e. The molecule has 1 fully saturated rings. The van der Waals surface area contributed by atoms with Gasteiger partial charge in [0.25, 0.3) is 0 Å². The van der Waals surface area contributed by atoms with Crippen LogP contribution < -0.4 is 15.5 Å². The Bertz CT molecular complexity index is 577. The molecule has 1 aromatic carbocycles. The first-order chi connectivity index (χ1) is 11.0. The number of aryl methyl sites for hydroxylation is 1. The highest BCUT2D eigenvalue weighted by Crippen LogP contribution is 2.29. The molecule has 23 heavy (non-hydrogen) atoms. The van der Waals surface area contributed by atoms with E-state index in [9.17, 15) is 9.59 Å². The van der Waals surface area contributed by atoms with Crippen molar-refractivity contribution < 1.29 is 9.59 Å². The van der Waals surface area contributed by atoms with Crippen LogP contribution in [0.5, 0.6) is 0 Å². The predicted molar refractivity (Wildman–Crippen MR) is 92.8 cm³/mol. The number of anilines is 1. The van der Waals surface area contributed by atoms with Crippen LogP contribution >= 0.6 is 11.6 Å². The van der Waals surface area contributed by atoms with Crippen molar-refractivity contribution in [3.63, 3.8) is 0 Å². The monoisotopic (exact) mass is 337 g/mol. The molecule has 126 valence electrons. The standard InChI is InChI=1S/C17H24ClN3O2/c1-3-16(22)20-10-17(23)19-9-13-6-7-21(11-13)15-8-14(18)5-4-12(15)2/h4-5,8,13H,3,6-7,9-11H2,1-2H3,(H,19,23)(H,20,22). The predicted octanol–water partition coefficient (Wildman–Crippen LogP) is 2.12. The minimum atomic E-state index is -0.135. The summed E-state index contributed by atoms with van der Waals surface area (Å²) in [4.78, 5) is 25.2. The van der Waals surface area contributed by atoms with Gasteiger partial charge in [-0.1, -0.05) is 24.6 Å². The van der Waals surface area contributed by atoms with E-state index >= 15 is 0 Å². The Morgan fingerprint density at radius 2 is 2.09 bits per heavy atom. The van der Waals surface area contributed by atoms with E-state index in [1.54, 1.807) is 6.92 Å². The smallest absolute Gasteiger partial charge is 0.239 e. The van der Waals surface area contributed by atoms with Crippen molar-refractivity contribution in [2.75, 3.05) is 31.1 Å². The van der Waals surface area contributed by atoms with E-state index in [1.165, 1.54) is 11.3 Å². The lowest BCUT2D eigenvalue weighted by atomic mass is 10.1. The number of rotatable bonds is 6. The molecule has 2 rings (SSSR count). The zero-order valence-corrected chi connectivity index (χ0v) is 14.4. The lowest BCUT2D eigenvalue weighted by Crippen LogP contribution is -2.39.